The maximum absolute atomic E-state index is 9.21. The van der Waals surface area contributed by atoms with E-state index in [0.29, 0.717) is 19.0 Å². The van der Waals surface area contributed by atoms with Crippen LogP contribution >= 0.6 is 0 Å². The number of nitrogens with zero attached hydrogens (tertiary/aromatic N) is 1. The molecule has 4 heteroatoms. The molecule has 0 bridgehead atoms. The van der Waals surface area contributed by atoms with Crippen LogP contribution in [-0.2, 0) is 0 Å². The number of rotatable bonds is 8. The van der Waals surface area contributed by atoms with Crippen LogP contribution in [0.5, 0.6) is 11.5 Å². The average Bonchev–Trinajstić information content (AvgIpc) is 2.44. The SMILES string of the molecule is CCCNC(C)(C#N)COc1cccc(OCC)c1. The van der Waals surface area contributed by atoms with E-state index in [4.69, 9.17) is 9.47 Å². The minimum Gasteiger partial charge on any atom is -0.494 e. The molecule has 0 radical (unpaired) electrons. The van der Waals surface area contributed by atoms with Gasteiger partial charge in [-0.15, -0.1) is 0 Å². The van der Waals surface area contributed by atoms with Gasteiger partial charge in [0.05, 0.1) is 12.7 Å². The van der Waals surface area contributed by atoms with Crippen LogP contribution in [-0.4, -0.2) is 25.3 Å². The van der Waals surface area contributed by atoms with Crippen molar-refractivity contribution < 1.29 is 9.47 Å². The molecule has 0 aromatic heterocycles. The fraction of sp³-hybridized carbons (Fsp3) is 0.533. The predicted molar refractivity (Wildman–Crippen MR) is 75.4 cm³/mol. The minimum absolute atomic E-state index is 0.305. The summed E-state index contributed by atoms with van der Waals surface area (Å²) in [5, 5.41) is 12.4. The summed E-state index contributed by atoms with van der Waals surface area (Å²) in [5.74, 6) is 1.49. The Morgan fingerprint density at radius 1 is 1.26 bits per heavy atom. The van der Waals surface area contributed by atoms with Gasteiger partial charge in [0.25, 0.3) is 0 Å². The molecule has 1 N–H and O–H groups in total. The highest BCUT2D eigenvalue weighted by Gasteiger charge is 2.23. The summed E-state index contributed by atoms with van der Waals surface area (Å²) in [7, 11) is 0. The van der Waals surface area contributed by atoms with Gasteiger partial charge < -0.3 is 9.47 Å². The molecule has 1 unspecified atom stereocenters. The summed E-state index contributed by atoms with van der Waals surface area (Å²) in [6.45, 7) is 7.57. The lowest BCUT2D eigenvalue weighted by atomic mass is 10.1. The fourth-order valence-corrected chi connectivity index (χ4v) is 1.57. The lowest BCUT2D eigenvalue weighted by Gasteiger charge is -2.23. The fourth-order valence-electron chi connectivity index (χ4n) is 1.57. The van der Waals surface area contributed by atoms with Gasteiger partial charge in [-0.3, -0.25) is 5.32 Å². The van der Waals surface area contributed by atoms with Crippen molar-refractivity contribution in [3.05, 3.63) is 24.3 Å². The van der Waals surface area contributed by atoms with Crippen LogP contribution in [0.15, 0.2) is 24.3 Å². The van der Waals surface area contributed by atoms with Gasteiger partial charge in [0.15, 0.2) is 0 Å². The van der Waals surface area contributed by atoms with Crippen molar-refractivity contribution in [3.63, 3.8) is 0 Å². The largest absolute Gasteiger partial charge is 0.494 e. The second-order valence-electron chi connectivity index (χ2n) is 4.57. The summed E-state index contributed by atoms with van der Waals surface area (Å²) in [6.07, 6.45) is 0.983. The lowest BCUT2D eigenvalue weighted by Crippen LogP contribution is -2.46. The van der Waals surface area contributed by atoms with Gasteiger partial charge in [0.2, 0.25) is 0 Å². The average molecular weight is 262 g/mol. The maximum Gasteiger partial charge on any atom is 0.138 e. The molecule has 0 aliphatic carbocycles. The molecule has 0 saturated carbocycles. The number of benzene rings is 1. The van der Waals surface area contributed by atoms with Gasteiger partial charge in [-0.2, -0.15) is 5.26 Å². The molecule has 0 fully saturated rings. The normalized spacial score (nSPS) is 13.4. The van der Waals surface area contributed by atoms with E-state index in [0.717, 1.165) is 18.7 Å². The Balaban J connectivity index is 2.59. The van der Waals surface area contributed by atoms with E-state index in [1.165, 1.54) is 0 Å². The summed E-state index contributed by atoms with van der Waals surface area (Å²) in [6, 6.07) is 9.71. The van der Waals surface area contributed by atoms with Crippen molar-refractivity contribution in [2.45, 2.75) is 32.7 Å². The van der Waals surface area contributed by atoms with Gasteiger partial charge in [0, 0.05) is 6.07 Å². The van der Waals surface area contributed by atoms with Crippen LogP contribution in [0.4, 0.5) is 0 Å². The van der Waals surface area contributed by atoms with Gasteiger partial charge in [-0.05, 0) is 38.9 Å². The molecule has 0 aliphatic rings. The van der Waals surface area contributed by atoms with Crippen molar-refractivity contribution in [2.75, 3.05) is 19.8 Å². The smallest absolute Gasteiger partial charge is 0.138 e. The van der Waals surface area contributed by atoms with E-state index in [1.54, 1.807) is 0 Å². The first-order valence-electron chi connectivity index (χ1n) is 6.65. The van der Waals surface area contributed by atoms with E-state index < -0.39 is 5.54 Å². The number of ether oxygens (including phenoxy) is 2. The number of hydrogen-bond donors (Lipinski definition) is 1. The third-order valence-corrected chi connectivity index (χ3v) is 2.66. The Bertz CT molecular complexity index is 428. The highest BCUT2D eigenvalue weighted by Crippen LogP contribution is 2.20. The highest BCUT2D eigenvalue weighted by atomic mass is 16.5. The minimum atomic E-state index is -0.669. The van der Waals surface area contributed by atoms with Crippen LogP contribution in [0.2, 0.25) is 0 Å². The second-order valence-corrected chi connectivity index (χ2v) is 4.57. The molecule has 0 spiro atoms. The third-order valence-electron chi connectivity index (χ3n) is 2.66. The number of hydrogen-bond acceptors (Lipinski definition) is 4. The Kier molecular flexibility index (Phi) is 6.17. The zero-order chi connectivity index (χ0) is 14.1. The summed E-state index contributed by atoms with van der Waals surface area (Å²) >= 11 is 0. The molecule has 1 rings (SSSR count). The van der Waals surface area contributed by atoms with Gasteiger partial charge >= 0.3 is 0 Å². The summed E-state index contributed by atoms with van der Waals surface area (Å²) in [5.41, 5.74) is -0.669. The first kappa shape index (κ1) is 15.3. The first-order valence-corrected chi connectivity index (χ1v) is 6.65. The highest BCUT2D eigenvalue weighted by molar-refractivity contribution is 5.33. The molecular weight excluding hydrogens is 240 g/mol. The third kappa shape index (κ3) is 5.19. The predicted octanol–water partition coefficient (Wildman–Crippen LogP) is 2.75. The zero-order valence-corrected chi connectivity index (χ0v) is 11.9. The molecule has 0 saturated heterocycles. The number of nitrogens with one attached hydrogen (secondary N) is 1. The molecule has 4 nitrogen and oxygen atoms in total. The van der Waals surface area contributed by atoms with Crippen molar-refractivity contribution in [1.29, 1.82) is 5.26 Å². The van der Waals surface area contributed by atoms with E-state index in [9.17, 15) is 5.26 Å². The van der Waals surface area contributed by atoms with Crippen LogP contribution in [0, 0.1) is 11.3 Å². The molecule has 0 amide bonds. The molecule has 1 atom stereocenters. The lowest BCUT2D eigenvalue weighted by molar-refractivity contribution is 0.233. The van der Waals surface area contributed by atoms with Crippen molar-refractivity contribution >= 4 is 0 Å². The van der Waals surface area contributed by atoms with Crippen LogP contribution in [0.3, 0.4) is 0 Å². The summed E-state index contributed by atoms with van der Waals surface area (Å²) in [4.78, 5) is 0. The van der Waals surface area contributed by atoms with E-state index >= 15 is 0 Å². The second kappa shape index (κ2) is 7.65. The molecule has 1 aromatic rings. The van der Waals surface area contributed by atoms with Crippen LogP contribution in [0.25, 0.3) is 0 Å². The first-order chi connectivity index (χ1) is 9.13. The molecule has 19 heavy (non-hydrogen) atoms. The Hall–Kier alpha value is -1.73. The van der Waals surface area contributed by atoms with Crippen LogP contribution < -0.4 is 14.8 Å². The summed E-state index contributed by atoms with van der Waals surface area (Å²) < 4.78 is 11.1. The quantitative estimate of drug-likeness (QED) is 0.782. The monoisotopic (exact) mass is 262 g/mol. The molecule has 0 aliphatic heterocycles. The van der Waals surface area contributed by atoms with Crippen molar-refractivity contribution in [3.8, 4) is 17.6 Å². The molecule has 104 valence electrons. The molecular formula is C15H22N2O2. The van der Waals surface area contributed by atoms with E-state index in [2.05, 4.69) is 18.3 Å². The van der Waals surface area contributed by atoms with Crippen molar-refractivity contribution in [2.24, 2.45) is 0 Å². The topological polar surface area (TPSA) is 54.3 Å². The Labute approximate surface area is 115 Å². The van der Waals surface area contributed by atoms with E-state index in [-0.39, 0.29) is 0 Å². The van der Waals surface area contributed by atoms with Gasteiger partial charge in [-0.25, -0.2) is 0 Å². The Morgan fingerprint density at radius 2 is 1.95 bits per heavy atom. The zero-order valence-electron chi connectivity index (χ0n) is 11.9. The van der Waals surface area contributed by atoms with Crippen LogP contribution in [0.1, 0.15) is 27.2 Å². The van der Waals surface area contributed by atoms with Gasteiger partial charge in [0.1, 0.15) is 23.6 Å². The molecule has 1 aromatic carbocycles. The number of nitriles is 1. The van der Waals surface area contributed by atoms with Crippen molar-refractivity contribution in [1.82, 2.24) is 5.32 Å². The maximum atomic E-state index is 9.21. The Morgan fingerprint density at radius 3 is 2.53 bits per heavy atom. The molecule has 0 heterocycles. The van der Waals surface area contributed by atoms with E-state index in [1.807, 2.05) is 38.1 Å². The standard InChI is InChI=1S/C15H22N2O2/c1-4-9-17-15(3,11-16)12-19-14-8-6-7-13(10-14)18-5-2/h6-8,10,17H,4-5,9,12H2,1-3H3. The van der Waals surface area contributed by atoms with Gasteiger partial charge in [-0.1, -0.05) is 13.0 Å².